The molecule has 19 heavy (non-hydrogen) atoms. The van der Waals surface area contributed by atoms with Gasteiger partial charge in [0, 0.05) is 12.5 Å². The highest BCUT2D eigenvalue weighted by Crippen LogP contribution is 2.41. The lowest BCUT2D eigenvalue weighted by Gasteiger charge is -2.36. The fourth-order valence-corrected chi connectivity index (χ4v) is 3.76. The van der Waals surface area contributed by atoms with Gasteiger partial charge in [0.25, 0.3) is 0 Å². The number of β-amino-alcohol motifs (C(OH)–C–C–N with tert-alkyl or cyclic N) is 1. The molecule has 106 valence electrons. The van der Waals surface area contributed by atoms with Crippen molar-refractivity contribution in [2.45, 2.75) is 44.8 Å². The van der Waals surface area contributed by atoms with Crippen molar-refractivity contribution >= 4 is 16.5 Å². The molecule has 1 aromatic heterocycles. The predicted octanol–water partition coefficient (Wildman–Crippen LogP) is 1.61. The molecular weight excluding hydrogens is 264 g/mol. The van der Waals surface area contributed by atoms with Crippen molar-refractivity contribution in [1.29, 1.82) is 0 Å². The van der Waals surface area contributed by atoms with Crippen molar-refractivity contribution in [1.82, 2.24) is 19.7 Å². The van der Waals surface area contributed by atoms with Gasteiger partial charge >= 0.3 is 5.13 Å². The van der Waals surface area contributed by atoms with E-state index in [9.17, 15) is 10.3 Å². The Labute approximate surface area is 116 Å². The number of aromatic nitrogens is 2. The molecule has 1 saturated heterocycles. The zero-order chi connectivity index (χ0) is 13.5. The van der Waals surface area contributed by atoms with Gasteiger partial charge in [0.15, 0.2) is 0 Å². The molecule has 0 aromatic carbocycles. The van der Waals surface area contributed by atoms with E-state index in [4.69, 9.17) is 0 Å². The average Bonchev–Trinajstić information content (AvgIpc) is 2.85. The molecule has 2 heterocycles. The highest BCUT2D eigenvalue weighted by molar-refractivity contribution is 7.15. The summed E-state index contributed by atoms with van der Waals surface area (Å²) >= 11 is 1.39. The van der Waals surface area contributed by atoms with Crippen LogP contribution in [0.3, 0.4) is 0 Å². The van der Waals surface area contributed by atoms with E-state index in [-0.39, 0.29) is 6.67 Å². The summed E-state index contributed by atoms with van der Waals surface area (Å²) in [5.41, 5.74) is 0. The number of hydrogen-bond donors (Lipinski definition) is 1. The molecule has 0 spiro atoms. The highest BCUT2D eigenvalue weighted by atomic mass is 32.1. The van der Waals surface area contributed by atoms with E-state index >= 15 is 0 Å². The molecule has 2 aliphatic rings. The quantitative estimate of drug-likeness (QED) is 0.672. The summed E-state index contributed by atoms with van der Waals surface area (Å²) in [6, 6.07) is 0. The van der Waals surface area contributed by atoms with Crippen LogP contribution in [-0.2, 0) is 0 Å². The molecule has 0 amide bonds. The Hall–Kier alpha value is -0.600. The maximum absolute atomic E-state index is 12.8. The Balaban J connectivity index is 1.77. The third-order valence-electron chi connectivity index (χ3n) is 4.06. The van der Waals surface area contributed by atoms with Crippen molar-refractivity contribution < 1.29 is 5.11 Å². The molecule has 1 saturated carbocycles. The number of hydroxylamine groups is 2. The lowest BCUT2D eigenvalue weighted by atomic mass is 9.86. The summed E-state index contributed by atoms with van der Waals surface area (Å²) in [6.07, 6.45) is 3.59. The first kappa shape index (κ1) is 13.4. The third kappa shape index (κ3) is 2.30. The van der Waals surface area contributed by atoms with Gasteiger partial charge < -0.3 is 10.3 Å². The zero-order valence-corrected chi connectivity index (χ0v) is 12.0. The van der Waals surface area contributed by atoms with Crippen LogP contribution in [0.1, 0.15) is 43.5 Å². The van der Waals surface area contributed by atoms with E-state index in [1.165, 1.54) is 17.8 Å². The van der Waals surface area contributed by atoms with Crippen LogP contribution in [0.25, 0.3) is 0 Å². The molecule has 0 bridgehead atoms. The van der Waals surface area contributed by atoms with Crippen LogP contribution in [0, 0.1) is 5.21 Å². The maximum atomic E-state index is 12.8. The molecule has 6 nitrogen and oxygen atoms in total. The molecule has 1 aliphatic carbocycles. The molecule has 2 unspecified atom stereocenters. The van der Waals surface area contributed by atoms with E-state index in [1.54, 1.807) is 0 Å². The molecule has 0 radical (unpaired) electrons. The first-order valence-corrected chi connectivity index (χ1v) is 7.78. The SMILES string of the molecule is CCCN1CC(O)[N+]([O-])(c2nnc(C3CCC3)s2)C1. The maximum Gasteiger partial charge on any atom is 0.309 e. The number of rotatable bonds is 4. The summed E-state index contributed by atoms with van der Waals surface area (Å²) in [6.45, 7) is 3.63. The van der Waals surface area contributed by atoms with Gasteiger partial charge in [-0.3, -0.25) is 4.65 Å². The zero-order valence-electron chi connectivity index (χ0n) is 11.2. The Morgan fingerprint density at radius 2 is 2.26 bits per heavy atom. The molecule has 2 atom stereocenters. The van der Waals surface area contributed by atoms with Gasteiger partial charge in [-0.05, 0) is 30.6 Å². The Morgan fingerprint density at radius 1 is 1.47 bits per heavy atom. The van der Waals surface area contributed by atoms with Gasteiger partial charge in [-0.25, -0.2) is 4.90 Å². The topological polar surface area (TPSA) is 72.3 Å². The Morgan fingerprint density at radius 3 is 2.89 bits per heavy atom. The summed E-state index contributed by atoms with van der Waals surface area (Å²) < 4.78 is -0.746. The normalized spacial score (nSPS) is 32.7. The van der Waals surface area contributed by atoms with Gasteiger partial charge in [0.1, 0.15) is 11.7 Å². The Kier molecular flexibility index (Phi) is 3.57. The van der Waals surface area contributed by atoms with Gasteiger partial charge in [-0.2, -0.15) is 0 Å². The second-order valence-electron chi connectivity index (χ2n) is 5.55. The number of aliphatic hydroxyl groups is 1. The lowest BCUT2D eigenvalue weighted by Crippen LogP contribution is -2.48. The van der Waals surface area contributed by atoms with Crippen molar-refractivity contribution in [3.63, 3.8) is 0 Å². The molecule has 1 N–H and O–H groups in total. The monoisotopic (exact) mass is 284 g/mol. The van der Waals surface area contributed by atoms with Crippen LogP contribution in [0.2, 0.25) is 0 Å². The molecule has 3 rings (SSSR count). The van der Waals surface area contributed by atoms with Crippen LogP contribution in [-0.4, -0.2) is 46.2 Å². The van der Waals surface area contributed by atoms with Gasteiger partial charge in [0.2, 0.25) is 6.23 Å². The molecular formula is C12H20N4O2S. The first-order chi connectivity index (χ1) is 9.13. The van der Waals surface area contributed by atoms with Crippen molar-refractivity contribution in [2.75, 3.05) is 19.8 Å². The molecule has 1 aromatic rings. The second kappa shape index (κ2) is 5.06. The minimum atomic E-state index is -0.936. The summed E-state index contributed by atoms with van der Waals surface area (Å²) in [7, 11) is 0. The minimum Gasteiger partial charge on any atom is -0.623 e. The molecule has 1 aliphatic heterocycles. The first-order valence-electron chi connectivity index (χ1n) is 6.96. The van der Waals surface area contributed by atoms with Crippen LogP contribution >= 0.6 is 11.3 Å². The predicted molar refractivity (Wildman–Crippen MR) is 74.4 cm³/mol. The van der Waals surface area contributed by atoms with Crippen molar-refractivity contribution in [3.05, 3.63) is 10.2 Å². The lowest BCUT2D eigenvalue weighted by molar-refractivity contribution is 0.0843. The van der Waals surface area contributed by atoms with Crippen molar-refractivity contribution in [2.24, 2.45) is 0 Å². The molecule has 2 fully saturated rings. The molecule has 7 heteroatoms. The van der Waals surface area contributed by atoms with E-state index in [0.29, 0.717) is 17.6 Å². The van der Waals surface area contributed by atoms with E-state index in [1.807, 2.05) is 4.90 Å². The fourth-order valence-electron chi connectivity index (χ4n) is 2.68. The largest absolute Gasteiger partial charge is 0.623 e. The number of quaternary nitrogens is 1. The van der Waals surface area contributed by atoms with E-state index in [0.717, 1.165) is 30.8 Å². The number of nitrogens with zero attached hydrogens (tertiary/aromatic N) is 4. The minimum absolute atomic E-state index is 0.286. The van der Waals surface area contributed by atoms with E-state index in [2.05, 4.69) is 17.1 Å². The second-order valence-corrected chi connectivity index (χ2v) is 6.53. The fraction of sp³-hybridized carbons (Fsp3) is 0.833. The van der Waals surface area contributed by atoms with Crippen LogP contribution < -0.4 is 4.65 Å². The summed E-state index contributed by atoms with van der Waals surface area (Å²) in [5.74, 6) is 0.490. The van der Waals surface area contributed by atoms with Crippen molar-refractivity contribution in [3.8, 4) is 0 Å². The average molecular weight is 284 g/mol. The van der Waals surface area contributed by atoms with Crippen LogP contribution in [0.4, 0.5) is 5.13 Å². The summed E-state index contributed by atoms with van der Waals surface area (Å²) in [5, 5.41) is 32.5. The highest BCUT2D eigenvalue weighted by Gasteiger charge is 2.43. The van der Waals surface area contributed by atoms with Crippen LogP contribution in [0.15, 0.2) is 0 Å². The number of aliphatic hydroxyl groups excluding tert-OH is 1. The van der Waals surface area contributed by atoms with Gasteiger partial charge in [0.05, 0.1) is 6.54 Å². The smallest absolute Gasteiger partial charge is 0.309 e. The van der Waals surface area contributed by atoms with Crippen LogP contribution in [0.5, 0.6) is 0 Å². The summed E-state index contributed by atoms with van der Waals surface area (Å²) in [4.78, 5) is 2.00. The Bertz CT molecular complexity index is 451. The standard InChI is InChI=1S/C12H20N4O2S/c1-2-6-15-7-10(17)16(18,8-15)12-14-13-11(19-12)9-4-3-5-9/h9-10,17H,2-8H2,1H3. The van der Waals surface area contributed by atoms with E-state index < -0.39 is 10.9 Å². The number of hydrogen-bond acceptors (Lipinski definition) is 6. The third-order valence-corrected chi connectivity index (χ3v) is 5.26. The van der Waals surface area contributed by atoms with Gasteiger partial charge in [-0.15, -0.1) is 5.10 Å². The van der Waals surface area contributed by atoms with Gasteiger partial charge in [-0.1, -0.05) is 18.4 Å².